The number of amides is 2. The number of rotatable bonds is 6. The number of carbonyl (C=O) groups excluding carboxylic acids is 2. The second-order valence-electron chi connectivity index (χ2n) is 7.24. The van der Waals surface area contributed by atoms with Gasteiger partial charge >= 0.3 is 0 Å². The van der Waals surface area contributed by atoms with Gasteiger partial charge in [-0.3, -0.25) is 9.59 Å². The first-order chi connectivity index (χ1) is 17.0. The molecule has 3 aromatic rings. The lowest BCUT2D eigenvalue weighted by molar-refractivity contribution is -0.115. The molecular formula is C26H18BrN3O4S. The largest absolute Gasteiger partial charge is 0.493 e. The van der Waals surface area contributed by atoms with Crippen LogP contribution in [0.3, 0.4) is 0 Å². The lowest BCUT2D eigenvalue weighted by Crippen LogP contribution is -2.20. The molecule has 35 heavy (non-hydrogen) atoms. The van der Waals surface area contributed by atoms with Crippen LogP contribution in [0.4, 0.5) is 0 Å². The highest BCUT2D eigenvalue weighted by Crippen LogP contribution is 2.37. The Morgan fingerprint density at radius 2 is 1.89 bits per heavy atom. The highest BCUT2D eigenvalue weighted by molar-refractivity contribution is 9.10. The Labute approximate surface area is 214 Å². The lowest BCUT2D eigenvalue weighted by atomic mass is 10.1. The number of benzene rings is 3. The quantitative estimate of drug-likeness (QED) is 0.419. The zero-order valence-corrected chi connectivity index (χ0v) is 20.9. The zero-order valence-electron chi connectivity index (χ0n) is 18.4. The SMILES string of the molecule is COc1cc(/C=C2\SC(=NC(=O)c3ccccc3)NC2=O)c(Br)cc1OCc1ccccc1C#N. The number of nitrogens with zero attached hydrogens (tertiary/aromatic N) is 2. The van der Waals surface area contributed by atoms with Crippen LogP contribution < -0.4 is 14.8 Å². The molecule has 0 radical (unpaired) electrons. The number of hydrogen-bond donors (Lipinski definition) is 1. The summed E-state index contributed by atoms with van der Waals surface area (Å²) in [4.78, 5) is 29.2. The highest BCUT2D eigenvalue weighted by atomic mass is 79.9. The lowest BCUT2D eigenvalue weighted by Gasteiger charge is -2.13. The van der Waals surface area contributed by atoms with Crippen LogP contribution in [0.25, 0.3) is 6.08 Å². The van der Waals surface area contributed by atoms with Gasteiger partial charge in [-0.05, 0) is 53.7 Å². The second-order valence-corrected chi connectivity index (χ2v) is 9.12. The average Bonchev–Trinajstić information content (AvgIpc) is 3.22. The van der Waals surface area contributed by atoms with Crippen LogP contribution in [0.2, 0.25) is 0 Å². The molecule has 4 rings (SSSR count). The van der Waals surface area contributed by atoms with Gasteiger partial charge in [-0.25, -0.2) is 0 Å². The molecule has 174 valence electrons. The number of nitrogens with one attached hydrogen (secondary N) is 1. The number of nitriles is 1. The maximum Gasteiger partial charge on any atom is 0.279 e. The van der Waals surface area contributed by atoms with Crippen LogP contribution in [-0.2, 0) is 11.4 Å². The summed E-state index contributed by atoms with van der Waals surface area (Å²) in [5.41, 5.74) is 2.42. The molecular weight excluding hydrogens is 530 g/mol. The average molecular weight is 548 g/mol. The summed E-state index contributed by atoms with van der Waals surface area (Å²) in [6.45, 7) is 0.195. The molecule has 1 N–H and O–H groups in total. The standard InChI is InChI=1S/C26H18BrN3O4S/c1-33-21-11-19(20(27)13-22(21)34-15-18-10-6-5-9-17(18)14-28)12-23-25(32)30-26(35-23)29-24(31)16-7-3-2-4-8-16/h2-13H,15H2,1H3,(H,29,30,31,32)/b23-12-. The second kappa shape index (κ2) is 11.0. The Morgan fingerprint density at radius 3 is 2.63 bits per heavy atom. The van der Waals surface area contributed by atoms with E-state index in [1.54, 1.807) is 54.6 Å². The van der Waals surface area contributed by atoms with Gasteiger partial charge in [0.15, 0.2) is 16.7 Å². The van der Waals surface area contributed by atoms with Crippen LogP contribution >= 0.6 is 27.7 Å². The van der Waals surface area contributed by atoms with Crippen molar-refractivity contribution >= 4 is 50.7 Å². The molecule has 0 spiro atoms. The Bertz CT molecular complexity index is 1400. The minimum Gasteiger partial charge on any atom is -0.493 e. The summed E-state index contributed by atoms with van der Waals surface area (Å²) >= 11 is 4.60. The van der Waals surface area contributed by atoms with Crippen LogP contribution in [0.15, 0.2) is 81.1 Å². The molecule has 1 aliphatic heterocycles. The van der Waals surface area contributed by atoms with Crippen molar-refractivity contribution in [1.29, 1.82) is 5.26 Å². The van der Waals surface area contributed by atoms with Crippen molar-refractivity contribution in [2.24, 2.45) is 4.99 Å². The first-order valence-electron chi connectivity index (χ1n) is 10.4. The van der Waals surface area contributed by atoms with Gasteiger partial charge in [-0.2, -0.15) is 10.3 Å². The molecule has 0 atom stereocenters. The van der Waals surface area contributed by atoms with Crippen molar-refractivity contribution in [3.8, 4) is 17.6 Å². The van der Waals surface area contributed by atoms with Crippen molar-refractivity contribution in [2.45, 2.75) is 6.61 Å². The van der Waals surface area contributed by atoms with Gasteiger partial charge in [-0.1, -0.05) is 52.3 Å². The minimum absolute atomic E-state index is 0.195. The minimum atomic E-state index is -0.433. The van der Waals surface area contributed by atoms with Crippen molar-refractivity contribution in [3.63, 3.8) is 0 Å². The molecule has 0 saturated carbocycles. The van der Waals surface area contributed by atoms with E-state index in [0.29, 0.717) is 37.6 Å². The number of aliphatic imine (C=N–C) groups is 1. The molecule has 1 aliphatic rings. The summed E-state index contributed by atoms with van der Waals surface area (Å²) in [5, 5.41) is 12.1. The summed E-state index contributed by atoms with van der Waals surface area (Å²) < 4.78 is 12.1. The number of thioether (sulfide) groups is 1. The summed E-state index contributed by atoms with van der Waals surface area (Å²) in [7, 11) is 1.52. The first kappa shape index (κ1) is 24.3. The fourth-order valence-corrected chi connectivity index (χ4v) is 4.45. The molecule has 7 nitrogen and oxygen atoms in total. The molecule has 0 bridgehead atoms. The highest BCUT2D eigenvalue weighted by Gasteiger charge is 2.25. The smallest absolute Gasteiger partial charge is 0.279 e. The molecule has 0 aromatic heterocycles. The Morgan fingerprint density at radius 1 is 1.14 bits per heavy atom. The molecule has 3 aromatic carbocycles. The molecule has 0 unspecified atom stereocenters. The topological polar surface area (TPSA) is 101 Å². The fraction of sp³-hybridized carbons (Fsp3) is 0.0769. The van der Waals surface area contributed by atoms with E-state index in [1.807, 2.05) is 18.2 Å². The van der Waals surface area contributed by atoms with E-state index in [9.17, 15) is 14.9 Å². The molecule has 2 amide bonds. The third kappa shape index (κ3) is 5.80. The molecule has 0 aliphatic carbocycles. The normalized spacial score (nSPS) is 15.1. The predicted octanol–water partition coefficient (Wildman–Crippen LogP) is 5.31. The van der Waals surface area contributed by atoms with E-state index in [0.717, 1.165) is 17.3 Å². The van der Waals surface area contributed by atoms with Crippen molar-refractivity contribution in [2.75, 3.05) is 7.11 Å². The van der Waals surface area contributed by atoms with Crippen molar-refractivity contribution in [1.82, 2.24) is 5.32 Å². The number of halogens is 1. The van der Waals surface area contributed by atoms with Gasteiger partial charge in [0.25, 0.3) is 11.8 Å². The maximum atomic E-state index is 12.5. The van der Waals surface area contributed by atoms with E-state index >= 15 is 0 Å². The van der Waals surface area contributed by atoms with E-state index in [2.05, 4.69) is 32.3 Å². The zero-order chi connectivity index (χ0) is 24.8. The molecule has 9 heteroatoms. The van der Waals surface area contributed by atoms with Gasteiger partial charge in [0.1, 0.15) is 6.61 Å². The van der Waals surface area contributed by atoms with E-state index in [-0.39, 0.29) is 17.7 Å². The maximum absolute atomic E-state index is 12.5. The molecule has 1 saturated heterocycles. The van der Waals surface area contributed by atoms with E-state index in [1.165, 1.54) is 7.11 Å². The van der Waals surface area contributed by atoms with Gasteiger partial charge in [0.05, 0.1) is 23.6 Å². The van der Waals surface area contributed by atoms with E-state index < -0.39 is 5.91 Å². The van der Waals surface area contributed by atoms with E-state index in [4.69, 9.17) is 9.47 Å². The third-order valence-corrected chi connectivity index (χ3v) is 6.56. The van der Waals surface area contributed by atoms with Crippen LogP contribution in [0.1, 0.15) is 27.0 Å². The van der Waals surface area contributed by atoms with Crippen LogP contribution in [-0.4, -0.2) is 24.1 Å². The number of carbonyl (C=O) groups is 2. The first-order valence-corrected chi connectivity index (χ1v) is 12.0. The summed E-state index contributed by atoms with van der Waals surface area (Å²) in [5.74, 6) is 0.158. The van der Waals surface area contributed by atoms with Crippen molar-refractivity contribution in [3.05, 3.63) is 98.4 Å². The summed E-state index contributed by atoms with van der Waals surface area (Å²) in [6.07, 6.45) is 1.68. The Balaban J connectivity index is 1.53. The molecule has 1 heterocycles. The molecule has 1 fully saturated rings. The van der Waals surface area contributed by atoms with Crippen molar-refractivity contribution < 1.29 is 19.1 Å². The van der Waals surface area contributed by atoms with Gasteiger partial charge in [0.2, 0.25) is 0 Å². The third-order valence-electron chi connectivity index (χ3n) is 4.97. The van der Waals surface area contributed by atoms with Gasteiger partial charge in [-0.15, -0.1) is 0 Å². The number of methoxy groups -OCH3 is 1. The van der Waals surface area contributed by atoms with Crippen LogP contribution in [0.5, 0.6) is 11.5 Å². The summed E-state index contributed by atoms with van der Waals surface area (Å²) in [6, 6.07) is 21.5. The Kier molecular flexibility index (Phi) is 7.65. The predicted molar refractivity (Wildman–Crippen MR) is 138 cm³/mol. The number of amidine groups is 1. The van der Waals surface area contributed by atoms with Crippen LogP contribution in [0, 0.1) is 11.3 Å². The van der Waals surface area contributed by atoms with Gasteiger partial charge in [0, 0.05) is 15.6 Å². The number of hydrogen-bond acceptors (Lipinski definition) is 6. The number of ether oxygens (including phenoxy) is 2. The van der Waals surface area contributed by atoms with Gasteiger partial charge < -0.3 is 14.8 Å². The Hall–Kier alpha value is -3.87. The monoisotopic (exact) mass is 547 g/mol. The fourth-order valence-electron chi connectivity index (χ4n) is 3.20.